The number of rotatable bonds is 4. The summed E-state index contributed by atoms with van der Waals surface area (Å²) in [5.41, 5.74) is 1.89. The van der Waals surface area contributed by atoms with E-state index in [-0.39, 0.29) is 18.1 Å². The molecule has 0 aliphatic carbocycles. The number of hydrogen-bond donors (Lipinski definition) is 1. The van der Waals surface area contributed by atoms with Crippen LogP contribution in [0.4, 0.5) is 5.69 Å². The van der Waals surface area contributed by atoms with Crippen LogP contribution in [0.1, 0.15) is 19.4 Å². The molecular weight excluding hydrogens is 240 g/mol. The zero-order valence-corrected chi connectivity index (χ0v) is 11.9. The topological polar surface area (TPSA) is 43.8 Å². The van der Waals surface area contributed by atoms with Crippen LogP contribution in [0.5, 0.6) is 0 Å². The lowest BCUT2D eigenvalue weighted by molar-refractivity contribution is -0.120. The van der Waals surface area contributed by atoms with Crippen molar-refractivity contribution in [3.05, 3.63) is 29.8 Å². The second-order valence-corrected chi connectivity index (χ2v) is 5.75. The summed E-state index contributed by atoms with van der Waals surface area (Å²) in [4.78, 5) is 16.1. The van der Waals surface area contributed by atoms with Crippen molar-refractivity contribution in [2.24, 2.45) is 0 Å². The highest BCUT2D eigenvalue weighted by atomic mass is 16.3. The Morgan fingerprint density at radius 2 is 2.11 bits per heavy atom. The van der Waals surface area contributed by atoms with Crippen LogP contribution in [0.3, 0.4) is 0 Å². The van der Waals surface area contributed by atoms with Crippen LogP contribution in [0.25, 0.3) is 0 Å². The molecule has 0 aromatic heterocycles. The maximum Gasteiger partial charge on any atom is 0.241 e. The number of fused-ring (bicyclic) bond motifs is 1. The molecule has 19 heavy (non-hydrogen) atoms. The number of para-hydroxylation sites is 1. The highest BCUT2D eigenvalue weighted by molar-refractivity contribution is 5.96. The average Bonchev–Trinajstić information content (AvgIpc) is 2.82. The Labute approximate surface area is 114 Å². The number of hydrogen-bond acceptors (Lipinski definition) is 3. The highest BCUT2D eigenvalue weighted by Crippen LogP contribution is 2.27. The number of anilines is 1. The standard InChI is InChI=1S/C15H22N2O2/c1-15(2,11-18)16(3)10-14(19)17-9-8-12-6-4-5-7-13(12)17/h4-7,18H,8-11H2,1-3H3. The molecule has 1 heterocycles. The third kappa shape index (κ3) is 2.80. The summed E-state index contributed by atoms with van der Waals surface area (Å²) in [5.74, 6) is 0.0916. The fourth-order valence-electron chi connectivity index (χ4n) is 2.22. The average molecular weight is 262 g/mol. The largest absolute Gasteiger partial charge is 0.394 e. The van der Waals surface area contributed by atoms with Gasteiger partial charge in [0, 0.05) is 17.8 Å². The molecule has 1 N–H and O–H groups in total. The summed E-state index contributed by atoms with van der Waals surface area (Å²) < 4.78 is 0. The summed E-state index contributed by atoms with van der Waals surface area (Å²) >= 11 is 0. The minimum absolute atomic E-state index is 0.0351. The number of aliphatic hydroxyl groups excluding tert-OH is 1. The lowest BCUT2D eigenvalue weighted by atomic mass is 10.1. The molecule has 1 aromatic rings. The van der Waals surface area contributed by atoms with Gasteiger partial charge in [-0.25, -0.2) is 0 Å². The van der Waals surface area contributed by atoms with Gasteiger partial charge in [-0.1, -0.05) is 18.2 Å². The maximum atomic E-state index is 12.4. The van der Waals surface area contributed by atoms with Crippen LogP contribution in [-0.4, -0.2) is 48.2 Å². The number of carbonyl (C=O) groups excluding carboxylic acids is 1. The summed E-state index contributed by atoms with van der Waals surface area (Å²) in [6, 6.07) is 8.04. The Bertz CT molecular complexity index is 471. The SMILES string of the molecule is CN(CC(=O)N1CCc2ccccc21)C(C)(C)CO. The number of carbonyl (C=O) groups is 1. The maximum absolute atomic E-state index is 12.4. The number of nitrogens with zero attached hydrogens (tertiary/aromatic N) is 2. The normalized spacial score (nSPS) is 14.9. The van der Waals surface area contributed by atoms with Gasteiger partial charge in [0.1, 0.15) is 0 Å². The van der Waals surface area contributed by atoms with E-state index in [1.807, 2.05) is 48.9 Å². The van der Waals surface area contributed by atoms with Crippen LogP contribution in [0.15, 0.2) is 24.3 Å². The van der Waals surface area contributed by atoms with Crippen molar-refractivity contribution in [1.82, 2.24) is 4.90 Å². The Balaban J connectivity index is 2.07. The quantitative estimate of drug-likeness (QED) is 0.889. The second-order valence-electron chi connectivity index (χ2n) is 5.75. The van der Waals surface area contributed by atoms with Gasteiger partial charge in [-0.2, -0.15) is 0 Å². The van der Waals surface area contributed by atoms with Gasteiger partial charge in [-0.3, -0.25) is 9.69 Å². The van der Waals surface area contributed by atoms with E-state index in [1.165, 1.54) is 5.56 Å². The molecule has 4 heteroatoms. The lowest BCUT2D eigenvalue weighted by Gasteiger charge is -2.34. The molecule has 0 saturated heterocycles. The molecule has 1 amide bonds. The summed E-state index contributed by atoms with van der Waals surface area (Å²) in [6.07, 6.45) is 0.926. The van der Waals surface area contributed by atoms with Gasteiger partial charge < -0.3 is 10.0 Å². The van der Waals surface area contributed by atoms with E-state index in [0.29, 0.717) is 6.54 Å². The molecule has 104 valence electrons. The zero-order chi connectivity index (χ0) is 14.0. The predicted molar refractivity (Wildman–Crippen MR) is 76.3 cm³/mol. The number of likely N-dealkylation sites (N-methyl/N-ethyl adjacent to an activating group) is 1. The van der Waals surface area contributed by atoms with E-state index in [9.17, 15) is 9.90 Å². The monoisotopic (exact) mass is 262 g/mol. The van der Waals surface area contributed by atoms with Crippen molar-refractivity contribution in [3.63, 3.8) is 0 Å². The first kappa shape index (κ1) is 14.0. The third-order valence-corrected chi connectivity index (χ3v) is 3.98. The summed E-state index contributed by atoms with van der Waals surface area (Å²) in [5, 5.41) is 9.33. The molecule has 4 nitrogen and oxygen atoms in total. The van der Waals surface area contributed by atoms with E-state index >= 15 is 0 Å². The third-order valence-electron chi connectivity index (χ3n) is 3.98. The molecule has 1 aliphatic rings. The first-order chi connectivity index (χ1) is 8.95. The molecule has 2 rings (SSSR count). The molecule has 1 aliphatic heterocycles. The molecule has 0 fully saturated rings. The van der Waals surface area contributed by atoms with Gasteiger partial charge in [-0.05, 0) is 38.9 Å². The van der Waals surface area contributed by atoms with Crippen molar-refractivity contribution < 1.29 is 9.90 Å². The summed E-state index contributed by atoms with van der Waals surface area (Å²) in [7, 11) is 1.87. The molecule has 0 spiro atoms. The van der Waals surface area contributed by atoms with Crippen molar-refractivity contribution in [2.75, 3.05) is 31.6 Å². The number of benzene rings is 1. The minimum Gasteiger partial charge on any atom is -0.394 e. The van der Waals surface area contributed by atoms with Crippen LogP contribution in [-0.2, 0) is 11.2 Å². The van der Waals surface area contributed by atoms with Crippen LogP contribution in [0, 0.1) is 0 Å². The molecule has 0 bridgehead atoms. The molecule has 0 radical (unpaired) electrons. The molecule has 0 unspecified atom stereocenters. The van der Waals surface area contributed by atoms with Crippen LogP contribution < -0.4 is 4.90 Å². The van der Waals surface area contributed by atoms with Crippen molar-refractivity contribution in [2.45, 2.75) is 25.8 Å². The number of aliphatic hydroxyl groups is 1. The molecular formula is C15H22N2O2. The van der Waals surface area contributed by atoms with Gasteiger partial charge in [0.2, 0.25) is 5.91 Å². The van der Waals surface area contributed by atoms with Gasteiger partial charge in [-0.15, -0.1) is 0 Å². The fraction of sp³-hybridized carbons (Fsp3) is 0.533. The zero-order valence-electron chi connectivity index (χ0n) is 11.9. The van der Waals surface area contributed by atoms with E-state index in [0.717, 1.165) is 18.7 Å². The van der Waals surface area contributed by atoms with Gasteiger partial charge >= 0.3 is 0 Å². The predicted octanol–water partition coefficient (Wildman–Crippen LogP) is 1.28. The smallest absolute Gasteiger partial charge is 0.241 e. The van der Waals surface area contributed by atoms with E-state index in [1.54, 1.807) is 0 Å². The Morgan fingerprint density at radius 3 is 2.79 bits per heavy atom. The number of amides is 1. The van der Waals surface area contributed by atoms with E-state index in [4.69, 9.17) is 0 Å². The minimum atomic E-state index is -0.380. The Hall–Kier alpha value is -1.39. The molecule has 1 aromatic carbocycles. The van der Waals surface area contributed by atoms with Crippen molar-refractivity contribution in [3.8, 4) is 0 Å². The van der Waals surface area contributed by atoms with Gasteiger partial charge in [0.05, 0.1) is 13.2 Å². The van der Waals surface area contributed by atoms with Crippen molar-refractivity contribution in [1.29, 1.82) is 0 Å². The van der Waals surface area contributed by atoms with Gasteiger partial charge in [0.15, 0.2) is 0 Å². The van der Waals surface area contributed by atoms with Crippen LogP contribution >= 0.6 is 0 Å². The first-order valence-electron chi connectivity index (χ1n) is 6.66. The van der Waals surface area contributed by atoms with Gasteiger partial charge in [0.25, 0.3) is 0 Å². The summed E-state index contributed by atoms with van der Waals surface area (Å²) in [6.45, 7) is 4.97. The second kappa shape index (κ2) is 5.31. The first-order valence-corrected chi connectivity index (χ1v) is 6.66. The fourth-order valence-corrected chi connectivity index (χ4v) is 2.22. The Kier molecular flexibility index (Phi) is 3.92. The molecule has 0 atom stereocenters. The van der Waals surface area contributed by atoms with Crippen LogP contribution in [0.2, 0.25) is 0 Å². The lowest BCUT2D eigenvalue weighted by Crippen LogP contribution is -2.49. The van der Waals surface area contributed by atoms with E-state index < -0.39 is 0 Å². The molecule has 0 saturated carbocycles. The van der Waals surface area contributed by atoms with Crippen molar-refractivity contribution >= 4 is 11.6 Å². The Morgan fingerprint density at radius 1 is 1.42 bits per heavy atom. The van der Waals surface area contributed by atoms with E-state index in [2.05, 4.69) is 6.07 Å². The highest BCUT2D eigenvalue weighted by Gasteiger charge is 2.29.